The highest BCUT2D eigenvalue weighted by Crippen LogP contribution is 2.22. The Labute approximate surface area is 134 Å². The van der Waals surface area contributed by atoms with Gasteiger partial charge >= 0.3 is 0 Å². The van der Waals surface area contributed by atoms with Crippen molar-refractivity contribution in [1.29, 1.82) is 0 Å². The molecule has 4 atom stereocenters. The molecule has 132 valence electrons. The van der Waals surface area contributed by atoms with Crippen LogP contribution in [0.1, 0.15) is 71.1 Å². The van der Waals surface area contributed by atoms with Crippen LogP contribution in [-0.2, 0) is 9.47 Å². The normalized spacial score (nSPS) is 28.4. The van der Waals surface area contributed by atoms with Gasteiger partial charge in [0.15, 0.2) is 6.29 Å². The van der Waals surface area contributed by atoms with Crippen molar-refractivity contribution in [2.45, 2.75) is 95.7 Å². The molecule has 22 heavy (non-hydrogen) atoms. The second kappa shape index (κ2) is 12.3. The Kier molecular flexibility index (Phi) is 11.1. The number of hydrogen-bond acceptors (Lipinski definition) is 5. The molecule has 5 nitrogen and oxygen atoms in total. The average molecular weight is 318 g/mol. The van der Waals surface area contributed by atoms with Gasteiger partial charge in [0.25, 0.3) is 0 Å². The first-order chi connectivity index (χ1) is 10.7. The van der Waals surface area contributed by atoms with Gasteiger partial charge in [-0.05, 0) is 6.42 Å². The molecule has 0 radical (unpaired) electrons. The van der Waals surface area contributed by atoms with Crippen LogP contribution >= 0.6 is 0 Å². The zero-order chi connectivity index (χ0) is 16.2. The molecule has 0 aromatic carbocycles. The number of unbranched alkanes of at least 4 members (excludes halogenated alkanes) is 9. The Bertz CT molecular complexity index is 261. The molecule has 1 heterocycles. The molecular weight excluding hydrogens is 284 g/mol. The fourth-order valence-electron chi connectivity index (χ4n) is 2.79. The average Bonchev–Trinajstić information content (AvgIpc) is 2.80. The summed E-state index contributed by atoms with van der Waals surface area (Å²) in [6.07, 6.45) is 8.91. The minimum absolute atomic E-state index is 0.309. The highest BCUT2D eigenvalue weighted by molar-refractivity contribution is 4.86. The second-order valence-corrected chi connectivity index (χ2v) is 6.26. The van der Waals surface area contributed by atoms with Crippen molar-refractivity contribution in [2.24, 2.45) is 0 Å². The van der Waals surface area contributed by atoms with Gasteiger partial charge in [0.05, 0.1) is 6.61 Å². The molecule has 1 fully saturated rings. The quantitative estimate of drug-likeness (QED) is 0.454. The fourth-order valence-corrected chi connectivity index (χ4v) is 2.79. The highest BCUT2D eigenvalue weighted by Gasteiger charge is 2.42. The minimum Gasteiger partial charge on any atom is -0.394 e. The van der Waals surface area contributed by atoms with Gasteiger partial charge in [0, 0.05) is 6.61 Å². The van der Waals surface area contributed by atoms with E-state index in [2.05, 4.69) is 6.92 Å². The van der Waals surface area contributed by atoms with Crippen LogP contribution < -0.4 is 0 Å². The molecule has 1 aliphatic rings. The van der Waals surface area contributed by atoms with Crippen molar-refractivity contribution >= 4 is 0 Å². The Morgan fingerprint density at radius 2 is 1.36 bits per heavy atom. The van der Waals surface area contributed by atoms with E-state index in [0.29, 0.717) is 6.61 Å². The van der Waals surface area contributed by atoms with Crippen LogP contribution in [0.4, 0.5) is 0 Å². The van der Waals surface area contributed by atoms with Gasteiger partial charge in [-0.25, -0.2) is 0 Å². The van der Waals surface area contributed by atoms with Gasteiger partial charge in [0.1, 0.15) is 18.3 Å². The molecule has 1 saturated heterocycles. The molecule has 0 saturated carbocycles. The van der Waals surface area contributed by atoms with Gasteiger partial charge in [0.2, 0.25) is 0 Å². The van der Waals surface area contributed by atoms with Gasteiger partial charge in [-0.3, -0.25) is 0 Å². The van der Waals surface area contributed by atoms with E-state index in [0.717, 1.165) is 12.8 Å². The lowest BCUT2D eigenvalue weighted by Gasteiger charge is -2.15. The molecule has 0 unspecified atom stereocenters. The number of aliphatic hydroxyl groups excluding tert-OH is 3. The molecule has 0 bridgehead atoms. The van der Waals surface area contributed by atoms with E-state index in [9.17, 15) is 10.2 Å². The summed E-state index contributed by atoms with van der Waals surface area (Å²) in [5.74, 6) is 0. The number of ether oxygens (including phenoxy) is 2. The zero-order valence-electron chi connectivity index (χ0n) is 14.0. The SMILES string of the molecule is CCCCCCCCCCCCO[C@@H]1O[C@H](CO)[C@@H](O)[C@H]1O. The Hall–Kier alpha value is -0.200. The van der Waals surface area contributed by atoms with Crippen LogP contribution in [0.5, 0.6) is 0 Å². The van der Waals surface area contributed by atoms with Crippen LogP contribution in [0.3, 0.4) is 0 Å². The second-order valence-electron chi connectivity index (χ2n) is 6.26. The van der Waals surface area contributed by atoms with Gasteiger partial charge in [-0.2, -0.15) is 0 Å². The summed E-state index contributed by atoms with van der Waals surface area (Å²) in [6, 6.07) is 0. The molecule has 0 amide bonds. The summed E-state index contributed by atoms with van der Waals surface area (Å²) in [4.78, 5) is 0. The van der Waals surface area contributed by atoms with E-state index >= 15 is 0 Å². The third-order valence-electron chi connectivity index (χ3n) is 4.28. The lowest BCUT2D eigenvalue weighted by Crippen LogP contribution is -2.34. The van der Waals surface area contributed by atoms with Crippen LogP contribution in [0.2, 0.25) is 0 Å². The summed E-state index contributed by atoms with van der Waals surface area (Å²) < 4.78 is 10.7. The van der Waals surface area contributed by atoms with Gasteiger partial charge in [-0.1, -0.05) is 64.7 Å². The van der Waals surface area contributed by atoms with Crippen molar-refractivity contribution in [3.8, 4) is 0 Å². The lowest BCUT2D eigenvalue weighted by atomic mass is 10.1. The van der Waals surface area contributed by atoms with E-state index in [1.165, 1.54) is 51.4 Å². The molecular formula is C17H34O5. The molecule has 5 heteroatoms. The Balaban J connectivity index is 1.89. The zero-order valence-corrected chi connectivity index (χ0v) is 14.0. The van der Waals surface area contributed by atoms with Gasteiger partial charge in [-0.15, -0.1) is 0 Å². The van der Waals surface area contributed by atoms with Crippen molar-refractivity contribution in [3.05, 3.63) is 0 Å². The number of rotatable bonds is 13. The summed E-state index contributed by atoms with van der Waals surface area (Å²) in [5, 5.41) is 28.3. The van der Waals surface area contributed by atoms with E-state index in [4.69, 9.17) is 14.6 Å². The smallest absolute Gasteiger partial charge is 0.186 e. The molecule has 0 aromatic rings. The third kappa shape index (κ3) is 7.38. The highest BCUT2D eigenvalue weighted by atomic mass is 16.7. The van der Waals surface area contributed by atoms with Crippen molar-refractivity contribution in [2.75, 3.05) is 13.2 Å². The maximum absolute atomic E-state index is 9.71. The standard InChI is InChI=1S/C17H34O5/c1-2-3-4-5-6-7-8-9-10-11-12-21-17-16(20)15(19)14(13-18)22-17/h14-20H,2-13H2,1H3/t14-,15-,16-,17-/m1/s1. The summed E-state index contributed by atoms with van der Waals surface area (Å²) in [5.41, 5.74) is 0. The fraction of sp³-hybridized carbons (Fsp3) is 1.00. The molecule has 0 spiro atoms. The molecule has 1 rings (SSSR count). The number of hydrogen-bond donors (Lipinski definition) is 3. The maximum atomic E-state index is 9.71. The predicted molar refractivity (Wildman–Crippen MR) is 85.6 cm³/mol. The predicted octanol–water partition coefficient (Wildman–Crippen LogP) is 2.36. The summed E-state index contributed by atoms with van der Waals surface area (Å²) in [6.45, 7) is 2.45. The van der Waals surface area contributed by atoms with Crippen molar-refractivity contribution in [3.63, 3.8) is 0 Å². The first-order valence-corrected chi connectivity index (χ1v) is 8.94. The van der Waals surface area contributed by atoms with Crippen molar-refractivity contribution < 1.29 is 24.8 Å². The largest absolute Gasteiger partial charge is 0.394 e. The first kappa shape index (κ1) is 19.8. The van der Waals surface area contributed by atoms with Crippen LogP contribution in [0.25, 0.3) is 0 Å². The molecule has 3 N–H and O–H groups in total. The van der Waals surface area contributed by atoms with E-state index in [1.54, 1.807) is 0 Å². The molecule has 0 aromatic heterocycles. The lowest BCUT2D eigenvalue weighted by molar-refractivity contribution is -0.169. The van der Waals surface area contributed by atoms with E-state index in [1.807, 2.05) is 0 Å². The maximum Gasteiger partial charge on any atom is 0.186 e. The van der Waals surface area contributed by atoms with Crippen LogP contribution in [-0.4, -0.2) is 53.1 Å². The van der Waals surface area contributed by atoms with Crippen LogP contribution in [0, 0.1) is 0 Å². The molecule has 1 aliphatic heterocycles. The van der Waals surface area contributed by atoms with Crippen LogP contribution in [0.15, 0.2) is 0 Å². The van der Waals surface area contributed by atoms with E-state index < -0.39 is 24.6 Å². The summed E-state index contributed by atoms with van der Waals surface area (Å²) in [7, 11) is 0. The Morgan fingerprint density at radius 1 is 0.818 bits per heavy atom. The monoisotopic (exact) mass is 318 g/mol. The topological polar surface area (TPSA) is 79.2 Å². The minimum atomic E-state index is -1.07. The van der Waals surface area contributed by atoms with E-state index in [-0.39, 0.29) is 6.61 Å². The molecule has 0 aliphatic carbocycles. The van der Waals surface area contributed by atoms with Crippen molar-refractivity contribution in [1.82, 2.24) is 0 Å². The van der Waals surface area contributed by atoms with Gasteiger partial charge < -0.3 is 24.8 Å². The Morgan fingerprint density at radius 3 is 1.86 bits per heavy atom. The third-order valence-corrected chi connectivity index (χ3v) is 4.28. The first-order valence-electron chi connectivity index (χ1n) is 8.94. The number of aliphatic hydroxyl groups is 3. The summed E-state index contributed by atoms with van der Waals surface area (Å²) >= 11 is 0.